The number of carbonyl (C=O) groups excluding carboxylic acids is 2. The minimum atomic E-state index is -0.842. The van der Waals surface area contributed by atoms with Crippen molar-refractivity contribution >= 4 is 11.9 Å². The van der Waals surface area contributed by atoms with Crippen LogP contribution < -0.4 is 5.32 Å². The number of hydrogen-bond donors (Lipinski definition) is 3. The maximum atomic E-state index is 12.5. The number of aliphatic hydroxyl groups excluding tert-OH is 2. The Kier molecular flexibility index (Phi) is 70.4. The number of aliphatic hydroxyl groups is 2. The molecule has 0 saturated heterocycles. The highest BCUT2D eigenvalue weighted by Gasteiger charge is 2.18. The van der Waals surface area contributed by atoms with Crippen molar-refractivity contribution in [1.29, 1.82) is 0 Å². The van der Waals surface area contributed by atoms with E-state index in [4.69, 9.17) is 4.74 Å². The third-order valence-electron chi connectivity index (χ3n) is 17.3. The zero-order chi connectivity index (χ0) is 59.9. The summed E-state index contributed by atoms with van der Waals surface area (Å²) in [5.41, 5.74) is 0. The van der Waals surface area contributed by atoms with E-state index in [1.165, 1.54) is 334 Å². The van der Waals surface area contributed by atoms with Crippen molar-refractivity contribution < 1.29 is 24.5 Å². The maximum Gasteiger partial charge on any atom is 0.305 e. The zero-order valence-electron chi connectivity index (χ0n) is 55.9. The van der Waals surface area contributed by atoms with E-state index in [2.05, 4.69) is 55.6 Å². The van der Waals surface area contributed by atoms with E-state index in [0.29, 0.717) is 19.4 Å². The number of carbonyl (C=O) groups is 2. The summed E-state index contributed by atoms with van der Waals surface area (Å²) >= 11 is 0. The topological polar surface area (TPSA) is 95.9 Å². The Morgan fingerprint density at radius 2 is 0.602 bits per heavy atom. The minimum absolute atomic E-state index is 0.0164. The lowest BCUT2D eigenvalue weighted by Gasteiger charge is -2.20. The number of rotatable bonds is 70. The molecule has 0 radical (unpaired) electrons. The first-order valence-corrected chi connectivity index (χ1v) is 37.4. The van der Waals surface area contributed by atoms with E-state index in [1.54, 1.807) is 6.08 Å². The Balaban J connectivity index is 3.36. The van der Waals surface area contributed by atoms with Crippen LogP contribution in [0.15, 0.2) is 48.6 Å². The highest BCUT2D eigenvalue weighted by atomic mass is 16.5. The predicted molar refractivity (Wildman–Crippen MR) is 366 cm³/mol. The number of unbranched alkanes of at least 4 members (excludes halogenated alkanes) is 53. The lowest BCUT2D eigenvalue weighted by atomic mass is 10.0. The molecule has 0 rings (SSSR count). The average Bonchev–Trinajstić information content (AvgIpc) is 3.49. The number of esters is 1. The van der Waals surface area contributed by atoms with Crippen LogP contribution in [0.25, 0.3) is 0 Å². The molecule has 0 aromatic carbocycles. The van der Waals surface area contributed by atoms with Gasteiger partial charge in [0.05, 0.1) is 25.4 Å². The molecule has 2 atom stereocenters. The van der Waals surface area contributed by atoms with Gasteiger partial charge in [0.1, 0.15) is 0 Å². The smallest absolute Gasteiger partial charge is 0.305 e. The average molecular weight is 1170 g/mol. The zero-order valence-corrected chi connectivity index (χ0v) is 55.9. The molecule has 83 heavy (non-hydrogen) atoms. The lowest BCUT2D eigenvalue weighted by molar-refractivity contribution is -0.143. The van der Waals surface area contributed by atoms with E-state index in [-0.39, 0.29) is 18.5 Å². The van der Waals surface area contributed by atoms with Crippen molar-refractivity contribution in [3.05, 3.63) is 48.6 Å². The van der Waals surface area contributed by atoms with E-state index < -0.39 is 12.1 Å². The largest absolute Gasteiger partial charge is 0.466 e. The third-order valence-corrected chi connectivity index (χ3v) is 17.3. The van der Waals surface area contributed by atoms with Gasteiger partial charge in [-0.25, -0.2) is 0 Å². The summed E-state index contributed by atoms with van der Waals surface area (Å²) in [5, 5.41) is 23.1. The first kappa shape index (κ1) is 80.8. The van der Waals surface area contributed by atoms with Gasteiger partial charge in [-0.3, -0.25) is 9.59 Å². The SMILES string of the molecule is CCCCCCCC/C=C\CCCCCCCCCCCC(=O)OCCCCCCCCCCCCC/C=C\C/C=C\CCCCCCCCCCCCCCCCCCCC(=O)NC(CO)C(O)/C=C/CCCCCCCCCCCC. The Bertz CT molecular complexity index is 1390. The molecule has 0 bridgehead atoms. The number of hydrogen-bond acceptors (Lipinski definition) is 5. The summed E-state index contributed by atoms with van der Waals surface area (Å²) in [4.78, 5) is 24.6. The van der Waals surface area contributed by atoms with Crippen LogP contribution in [0.5, 0.6) is 0 Å². The maximum absolute atomic E-state index is 12.5. The third kappa shape index (κ3) is 68.8. The summed E-state index contributed by atoms with van der Waals surface area (Å²) in [5.74, 6) is -0.0487. The first-order chi connectivity index (χ1) is 41.0. The Hall–Kier alpha value is -2.18. The number of allylic oxidation sites excluding steroid dienone is 7. The van der Waals surface area contributed by atoms with Gasteiger partial charge in [-0.2, -0.15) is 0 Å². The Labute approximate surface area is 518 Å². The van der Waals surface area contributed by atoms with Gasteiger partial charge in [0, 0.05) is 12.8 Å². The van der Waals surface area contributed by atoms with E-state index >= 15 is 0 Å². The van der Waals surface area contributed by atoms with Crippen LogP contribution in [-0.4, -0.2) is 47.4 Å². The van der Waals surface area contributed by atoms with Crippen molar-refractivity contribution in [1.82, 2.24) is 5.32 Å². The van der Waals surface area contributed by atoms with E-state index in [0.717, 1.165) is 44.9 Å². The molecule has 1 amide bonds. The number of nitrogens with one attached hydrogen (secondary N) is 1. The van der Waals surface area contributed by atoms with Crippen molar-refractivity contribution in [2.75, 3.05) is 13.2 Å². The van der Waals surface area contributed by atoms with Gasteiger partial charge < -0.3 is 20.3 Å². The minimum Gasteiger partial charge on any atom is -0.466 e. The molecular formula is C77H145NO5. The molecule has 0 spiro atoms. The van der Waals surface area contributed by atoms with E-state index in [1.807, 2.05) is 6.08 Å². The second kappa shape index (κ2) is 72.3. The van der Waals surface area contributed by atoms with Crippen molar-refractivity contribution in [2.45, 2.75) is 418 Å². The molecule has 0 heterocycles. The molecule has 6 nitrogen and oxygen atoms in total. The van der Waals surface area contributed by atoms with Crippen molar-refractivity contribution in [3.63, 3.8) is 0 Å². The van der Waals surface area contributed by atoms with Gasteiger partial charge >= 0.3 is 5.97 Å². The van der Waals surface area contributed by atoms with E-state index in [9.17, 15) is 19.8 Å². The predicted octanol–water partition coefficient (Wildman–Crippen LogP) is 24.4. The van der Waals surface area contributed by atoms with Gasteiger partial charge in [0.15, 0.2) is 0 Å². The molecular weight excluding hydrogens is 1020 g/mol. The van der Waals surface area contributed by atoms with Crippen LogP contribution in [0.4, 0.5) is 0 Å². The van der Waals surface area contributed by atoms with Gasteiger partial charge in [0.2, 0.25) is 5.91 Å². The Morgan fingerprint density at radius 3 is 0.928 bits per heavy atom. The van der Waals surface area contributed by atoms with Crippen LogP contribution in [0.3, 0.4) is 0 Å². The summed E-state index contributed by atoms with van der Waals surface area (Å²) in [6.07, 6.45) is 95.1. The molecule has 0 aliphatic rings. The van der Waals surface area contributed by atoms with Crippen LogP contribution >= 0.6 is 0 Å². The second-order valence-corrected chi connectivity index (χ2v) is 25.6. The number of amides is 1. The molecule has 0 aromatic heterocycles. The van der Waals surface area contributed by atoms with Crippen LogP contribution in [-0.2, 0) is 14.3 Å². The molecule has 3 N–H and O–H groups in total. The fourth-order valence-corrected chi connectivity index (χ4v) is 11.6. The monoisotopic (exact) mass is 1160 g/mol. The molecule has 488 valence electrons. The molecule has 0 aliphatic carbocycles. The summed E-state index contributed by atoms with van der Waals surface area (Å²) in [7, 11) is 0. The fourth-order valence-electron chi connectivity index (χ4n) is 11.6. The normalized spacial score (nSPS) is 12.8. The lowest BCUT2D eigenvalue weighted by Crippen LogP contribution is -2.45. The first-order valence-electron chi connectivity index (χ1n) is 37.4. The molecule has 0 aliphatic heterocycles. The highest BCUT2D eigenvalue weighted by Crippen LogP contribution is 2.18. The van der Waals surface area contributed by atoms with Crippen LogP contribution in [0.1, 0.15) is 406 Å². The Morgan fingerprint density at radius 1 is 0.337 bits per heavy atom. The van der Waals surface area contributed by atoms with Crippen LogP contribution in [0, 0.1) is 0 Å². The molecule has 2 unspecified atom stereocenters. The summed E-state index contributed by atoms with van der Waals surface area (Å²) in [6, 6.07) is -0.625. The van der Waals surface area contributed by atoms with Gasteiger partial charge in [-0.15, -0.1) is 0 Å². The van der Waals surface area contributed by atoms with Crippen LogP contribution in [0.2, 0.25) is 0 Å². The molecule has 0 fully saturated rings. The second-order valence-electron chi connectivity index (χ2n) is 25.6. The summed E-state index contributed by atoms with van der Waals surface area (Å²) in [6.45, 7) is 4.92. The molecule has 0 saturated carbocycles. The quantitative estimate of drug-likeness (QED) is 0.0320. The summed E-state index contributed by atoms with van der Waals surface area (Å²) < 4.78 is 5.51. The van der Waals surface area contributed by atoms with Gasteiger partial charge in [0.25, 0.3) is 0 Å². The van der Waals surface area contributed by atoms with Gasteiger partial charge in [-0.1, -0.05) is 351 Å². The molecule has 0 aromatic rings. The molecule has 6 heteroatoms. The van der Waals surface area contributed by atoms with Crippen molar-refractivity contribution in [2.24, 2.45) is 0 Å². The van der Waals surface area contributed by atoms with Gasteiger partial charge in [-0.05, 0) is 89.9 Å². The standard InChI is InChI=1S/C77H145NO5/c1-3-5-7-9-11-13-15-17-18-19-37-41-44-47-51-55-59-63-67-71-77(82)83-72-68-64-60-56-52-48-45-42-39-36-34-32-30-28-26-24-22-20-21-23-25-27-29-31-33-35-38-40-43-46-50-54-58-62-66-70-76(81)78-74(73-79)75(80)69-65-61-57-53-49-16-14-12-10-8-6-4-2/h17-18,22,24,28,30,65,69,74-75,79-80H,3-16,19-21,23,25-27,29,31-64,66-68,70-73H2,1-2H3,(H,78,81)/b18-17-,24-22-,30-28-,69-65+. The fraction of sp³-hybridized carbons (Fsp3) is 0.870. The van der Waals surface area contributed by atoms with Crippen molar-refractivity contribution in [3.8, 4) is 0 Å². The highest BCUT2D eigenvalue weighted by molar-refractivity contribution is 5.76. The number of ether oxygens (including phenoxy) is 1.